The standard InChI is InChI=1S/C17H22N4O2.2ClH/c18-13-7-10-21(11-13)16(22)12-5-8-20(9-6-12)17-19-14-3-1-2-4-15(14)23-17;;/h1-4,12-13H,5-11,18H2;2*1H/t13-;;/m1../s1. The molecule has 2 saturated heterocycles. The van der Waals surface area contributed by atoms with Gasteiger partial charge in [-0.15, -0.1) is 24.8 Å². The van der Waals surface area contributed by atoms with E-state index in [1.807, 2.05) is 29.2 Å². The Morgan fingerprint density at radius 3 is 2.48 bits per heavy atom. The molecule has 1 aromatic carbocycles. The Morgan fingerprint density at radius 2 is 1.84 bits per heavy atom. The second kappa shape index (κ2) is 8.25. The number of halogens is 2. The van der Waals surface area contributed by atoms with E-state index >= 15 is 0 Å². The summed E-state index contributed by atoms with van der Waals surface area (Å²) in [7, 11) is 0. The molecular formula is C17H24Cl2N4O2. The van der Waals surface area contributed by atoms with Crippen LogP contribution in [0.2, 0.25) is 0 Å². The Morgan fingerprint density at radius 1 is 1.12 bits per heavy atom. The molecule has 0 unspecified atom stereocenters. The number of fused-ring (bicyclic) bond motifs is 1. The van der Waals surface area contributed by atoms with Gasteiger partial charge in [-0.05, 0) is 31.4 Å². The molecule has 4 rings (SSSR count). The largest absolute Gasteiger partial charge is 0.423 e. The zero-order valence-corrected chi connectivity index (χ0v) is 15.6. The number of oxazole rings is 1. The fraction of sp³-hybridized carbons (Fsp3) is 0.529. The van der Waals surface area contributed by atoms with Crippen molar-refractivity contribution in [3.05, 3.63) is 24.3 Å². The van der Waals surface area contributed by atoms with Crippen LogP contribution in [-0.4, -0.2) is 48.0 Å². The number of nitrogens with zero attached hydrogens (tertiary/aromatic N) is 3. The van der Waals surface area contributed by atoms with Gasteiger partial charge >= 0.3 is 0 Å². The van der Waals surface area contributed by atoms with Crippen LogP contribution >= 0.6 is 24.8 Å². The highest BCUT2D eigenvalue weighted by Crippen LogP contribution is 2.27. The molecule has 2 aromatic rings. The number of carbonyl (C=O) groups excluding carboxylic acids is 1. The first-order chi connectivity index (χ1) is 11.2. The Bertz CT molecular complexity index is 682. The molecule has 0 aliphatic carbocycles. The fourth-order valence-electron chi connectivity index (χ4n) is 3.56. The van der Waals surface area contributed by atoms with Gasteiger partial charge in [0.15, 0.2) is 5.58 Å². The average molecular weight is 387 g/mol. The summed E-state index contributed by atoms with van der Waals surface area (Å²) in [5.74, 6) is 0.385. The lowest BCUT2D eigenvalue weighted by atomic mass is 9.95. The third kappa shape index (κ3) is 4.02. The van der Waals surface area contributed by atoms with Gasteiger partial charge in [0, 0.05) is 38.1 Å². The van der Waals surface area contributed by atoms with Crippen LogP contribution in [0.1, 0.15) is 19.3 Å². The molecule has 0 bridgehead atoms. The first-order valence-corrected chi connectivity index (χ1v) is 8.35. The van der Waals surface area contributed by atoms with Gasteiger partial charge in [-0.1, -0.05) is 12.1 Å². The molecule has 25 heavy (non-hydrogen) atoms. The molecule has 6 nitrogen and oxygen atoms in total. The van der Waals surface area contributed by atoms with E-state index in [9.17, 15) is 4.79 Å². The molecular weight excluding hydrogens is 363 g/mol. The Balaban J connectivity index is 0.00000113. The van der Waals surface area contributed by atoms with Crippen LogP contribution < -0.4 is 10.6 Å². The first kappa shape index (κ1) is 19.8. The molecule has 2 N–H and O–H groups in total. The Kier molecular flexibility index (Phi) is 6.54. The summed E-state index contributed by atoms with van der Waals surface area (Å²) < 4.78 is 5.82. The van der Waals surface area contributed by atoms with Gasteiger partial charge in [-0.2, -0.15) is 4.98 Å². The summed E-state index contributed by atoms with van der Waals surface area (Å²) in [5, 5.41) is 0. The SMILES string of the molecule is Cl.Cl.N[C@@H]1CCN(C(=O)C2CCN(c3nc4ccccc4o3)CC2)C1. The van der Waals surface area contributed by atoms with Crippen molar-refractivity contribution in [1.82, 2.24) is 9.88 Å². The number of aromatic nitrogens is 1. The number of benzene rings is 1. The number of nitrogens with two attached hydrogens (primary N) is 1. The molecule has 1 amide bonds. The monoisotopic (exact) mass is 386 g/mol. The number of amides is 1. The van der Waals surface area contributed by atoms with Gasteiger partial charge in [0.1, 0.15) is 5.52 Å². The topological polar surface area (TPSA) is 75.6 Å². The van der Waals surface area contributed by atoms with Crippen molar-refractivity contribution < 1.29 is 9.21 Å². The molecule has 1 aromatic heterocycles. The van der Waals surface area contributed by atoms with Crippen LogP contribution in [0, 0.1) is 5.92 Å². The van der Waals surface area contributed by atoms with E-state index in [0.717, 1.165) is 50.0 Å². The van der Waals surface area contributed by atoms with Crippen LogP contribution in [0.5, 0.6) is 0 Å². The molecule has 2 aliphatic rings. The van der Waals surface area contributed by atoms with Gasteiger partial charge in [0.05, 0.1) is 0 Å². The fourth-order valence-corrected chi connectivity index (χ4v) is 3.56. The zero-order chi connectivity index (χ0) is 15.8. The van der Waals surface area contributed by atoms with Crippen LogP contribution in [0.3, 0.4) is 0 Å². The van der Waals surface area contributed by atoms with E-state index in [2.05, 4.69) is 9.88 Å². The molecule has 0 spiro atoms. The number of hydrogen-bond acceptors (Lipinski definition) is 5. The average Bonchev–Trinajstić information content (AvgIpc) is 3.20. The lowest BCUT2D eigenvalue weighted by Gasteiger charge is -2.32. The lowest BCUT2D eigenvalue weighted by molar-refractivity contribution is -0.135. The van der Waals surface area contributed by atoms with E-state index in [-0.39, 0.29) is 42.7 Å². The summed E-state index contributed by atoms with van der Waals surface area (Å²) in [6.45, 7) is 3.14. The van der Waals surface area contributed by atoms with E-state index in [4.69, 9.17) is 10.2 Å². The summed E-state index contributed by atoms with van der Waals surface area (Å²) in [4.78, 5) is 21.2. The number of likely N-dealkylation sites (tertiary alicyclic amines) is 1. The summed E-state index contributed by atoms with van der Waals surface area (Å²) >= 11 is 0. The van der Waals surface area contributed by atoms with Crippen LogP contribution in [0.4, 0.5) is 6.01 Å². The molecule has 0 radical (unpaired) electrons. The lowest BCUT2D eigenvalue weighted by Crippen LogP contribution is -2.42. The number of carbonyl (C=O) groups is 1. The van der Waals surface area contributed by atoms with Crippen molar-refractivity contribution in [3.8, 4) is 0 Å². The number of para-hydroxylation sites is 2. The summed E-state index contributed by atoms with van der Waals surface area (Å²) in [6.07, 6.45) is 2.63. The van der Waals surface area contributed by atoms with E-state index in [0.29, 0.717) is 12.6 Å². The predicted molar refractivity (Wildman–Crippen MR) is 103 cm³/mol. The van der Waals surface area contributed by atoms with E-state index in [1.165, 1.54) is 0 Å². The molecule has 2 aliphatic heterocycles. The number of rotatable bonds is 2. The van der Waals surface area contributed by atoms with Crippen LogP contribution in [0.25, 0.3) is 11.1 Å². The molecule has 2 fully saturated rings. The Hall–Kier alpha value is -1.50. The van der Waals surface area contributed by atoms with Gasteiger partial charge in [-0.3, -0.25) is 4.79 Å². The normalized spacial score (nSPS) is 21.1. The highest BCUT2D eigenvalue weighted by molar-refractivity contribution is 5.85. The van der Waals surface area contributed by atoms with Crippen molar-refractivity contribution >= 4 is 47.8 Å². The minimum Gasteiger partial charge on any atom is -0.423 e. The third-order valence-electron chi connectivity index (χ3n) is 4.93. The number of hydrogen-bond donors (Lipinski definition) is 1. The van der Waals surface area contributed by atoms with Gasteiger partial charge < -0.3 is 20.0 Å². The van der Waals surface area contributed by atoms with Gasteiger partial charge in [0.2, 0.25) is 5.91 Å². The molecule has 8 heteroatoms. The van der Waals surface area contributed by atoms with Crippen LogP contribution in [0.15, 0.2) is 28.7 Å². The van der Waals surface area contributed by atoms with Crippen molar-refractivity contribution in [2.75, 3.05) is 31.1 Å². The quantitative estimate of drug-likeness (QED) is 0.857. The minimum atomic E-state index is 0. The van der Waals surface area contributed by atoms with Crippen molar-refractivity contribution in [3.63, 3.8) is 0 Å². The summed E-state index contributed by atoms with van der Waals surface area (Å²) in [5.41, 5.74) is 7.60. The second-order valence-corrected chi connectivity index (χ2v) is 6.56. The van der Waals surface area contributed by atoms with Gasteiger partial charge in [0.25, 0.3) is 6.01 Å². The van der Waals surface area contributed by atoms with Crippen molar-refractivity contribution in [2.45, 2.75) is 25.3 Å². The number of piperidine rings is 1. The van der Waals surface area contributed by atoms with Crippen molar-refractivity contribution in [1.29, 1.82) is 0 Å². The summed E-state index contributed by atoms with van der Waals surface area (Å²) in [6, 6.07) is 8.61. The minimum absolute atomic E-state index is 0. The van der Waals surface area contributed by atoms with E-state index in [1.54, 1.807) is 0 Å². The third-order valence-corrected chi connectivity index (χ3v) is 4.93. The van der Waals surface area contributed by atoms with Gasteiger partial charge in [-0.25, -0.2) is 0 Å². The molecule has 1 atom stereocenters. The Labute approximate surface area is 159 Å². The molecule has 0 saturated carbocycles. The highest BCUT2D eigenvalue weighted by atomic mass is 35.5. The van der Waals surface area contributed by atoms with Crippen LogP contribution in [-0.2, 0) is 4.79 Å². The zero-order valence-electron chi connectivity index (χ0n) is 14.0. The van der Waals surface area contributed by atoms with Crippen molar-refractivity contribution in [2.24, 2.45) is 11.7 Å². The first-order valence-electron chi connectivity index (χ1n) is 8.35. The number of anilines is 1. The highest BCUT2D eigenvalue weighted by Gasteiger charge is 2.32. The predicted octanol–water partition coefficient (Wildman–Crippen LogP) is 2.45. The molecule has 3 heterocycles. The maximum absolute atomic E-state index is 12.5. The molecule has 138 valence electrons. The second-order valence-electron chi connectivity index (χ2n) is 6.56. The maximum atomic E-state index is 12.5. The van der Waals surface area contributed by atoms with E-state index < -0.39 is 0 Å². The maximum Gasteiger partial charge on any atom is 0.298 e. The smallest absolute Gasteiger partial charge is 0.298 e.